The molecule has 1 nitrogen and oxygen atoms in total. The lowest BCUT2D eigenvalue weighted by Crippen LogP contribution is -2.29. The molecule has 0 heterocycles. The Morgan fingerprint density at radius 2 is 1.81 bits per heavy atom. The van der Waals surface area contributed by atoms with Crippen LogP contribution in [0.2, 0.25) is 0 Å². The molecule has 1 unspecified atom stereocenters. The number of ketones is 1. The van der Waals surface area contributed by atoms with Gasteiger partial charge < -0.3 is 0 Å². The molecule has 0 spiro atoms. The largest absolute Gasteiger partial charge is 0.299 e. The first kappa shape index (κ1) is 11.4. The highest BCUT2D eigenvalue weighted by atomic mass is 16.1. The Morgan fingerprint density at radius 1 is 1.12 bits per heavy atom. The van der Waals surface area contributed by atoms with Gasteiger partial charge in [0.05, 0.1) is 0 Å². The minimum absolute atomic E-state index is 0.197. The third-order valence-corrected chi connectivity index (χ3v) is 3.94. The number of Topliss-reactive ketones (excluding diaryl/α,β-unsaturated/α-hetero) is 1. The van der Waals surface area contributed by atoms with Crippen LogP contribution in [0.15, 0.2) is 30.3 Å². The summed E-state index contributed by atoms with van der Waals surface area (Å²) >= 11 is 0. The molecule has 0 saturated heterocycles. The third kappa shape index (κ3) is 2.04. The summed E-state index contributed by atoms with van der Waals surface area (Å²) in [5.74, 6) is 0.822. The maximum Gasteiger partial charge on any atom is 0.139 e. The van der Waals surface area contributed by atoms with Crippen molar-refractivity contribution in [1.29, 1.82) is 0 Å². The molecule has 0 amide bonds. The second-order valence-corrected chi connectivity index (χ2v) is 5.35. The lowest BCUT2D eigenvalue weighted by molar-refractivity contribution is -0.127. The van der Waals surface area contributed by atoms with Crippen LogP contribution in [-0.4, -0.2) is 5.78 Å². The van der Waals surface area contributed by atoms with Gasteiger partial charge in [-0.1, -0.05) is 50.6 Å². The van der Waals surface area contributed by atoms with Crippen molar-refractivity contribution in [2.24, 2.45) is 5.41 Å². The van der Waals surface area contributed by atoms with Crippen LogP contribution in [0.25, 0.3) is 0 Å². The molecule has 1 fully saturated rings. The standard InChI is InChI=1S/C15H20O/c1-15(2)13(10-6-7-11-14(15)16)12-8-4-3-5-9-12/h3-5,8-9,13H,6-7,10-11H2,1-2H3. The molecule has 86 valence electrons. The van der Waals surface area contributed by atoms with E-state index in [0.29, 0.717) is 11.7 Å². The van der Waals surface area contributed by atoms with Crippen LogP contribution >= 0.6 is 0 Å². The topological polar surface area (TPSA) is 17.1 Å². The van der Waals surface area contributed by atoms with E-state index in [-0.39, 0.29) is 5.41 Å². The third-order valence-electron chi connectivity index (χ3n) is 3.94. The van der Waals surface area contributed by atoms with Crippen molar-refractivity contribution < 1.29 is 4.79 Å². The van der Waals surface area contributed by atoms with Gasteiger partial charge in [0, 0.05) is 11.8 Å². The Bertz CT molecular complexity index is 364. The smallest absolute Gasteiger partial charge is 0.139 e. The predicted molar refractivity (Wildman–Crippen MR) is 66.4 cm³/mol. The first-order valence-corrected chi connectivity index (χ1v) is 6.20. The molecular formula is C15H20O. The highest BCUT2D eigenvalue weighted by Gasteiger charge is 2.38. The van der Waals surface area contributed by atoms with E-state index in [0.717, 1.165) is 19.3 Å². The Morgan fingerprint density at radius 3 is 2.50 bits per heavy atom. The van der Waals surface area contributed by atoms with Gasteiger partial charge in [-0.2, -0.15) is 0 Å². The quantitative estimate of drug-likeness (QED) is 0.650. The molecule has 1 aromatic rings. The minimum Gasteiger partial charge on any atom is -0.299 e. The highest BCUT2D eigenvalue weighted by Crippen LogP contribution is 2.43. The average molecular weight is 216 g/mol. The van der Waals surface area contributed by atoms with Crippen molar-refractivity contribution in [3.63, 3.8) is 0 Å². The van der Waals surface area contributed by atoms with E-state index in [9.17, 15) is 4.79 Å². The molecule has 1 saturated carbocycles. The van der Waals surface area contributed by atoms with Gasteiger partial charge in [-0.05, 0) is 24.3 Å². The fraction of sp³-hybridized carbons (Fsp3) is 0.533. The molecule has 16 heavy (non-hydrogen) atoms. The molecule has 1 aliphatic rings. The summed E-state index contributed by atoms with van der Waals surface area (Å²) in [6, 6.07) is 10.5. The predicted octanol–water partition coefficient (Wildman–Crippen LogP) is 3.94. The summed E-state index contributed by atoms with van der Waals surface area (Å²) in [6.07, 6.45) is 4.14. The van der Waals surface area contributed by atoms with Gasteiger partial charge in [0.1, 0.15) is 5.78 Å². The van der Waals surface area contributed by atoms with Crippen LogP contribution in [0, 0.1) is 5.41 Å². The maximum absolute atomic E-state index is 12.1. The molecule has 0 N–H and O–H groups in total. The van der Waals surface area contributed by atoms with Crippen LogP contribution in [0.1, 0.15) is 51.0 Å². The van der Waals surface area contributed by atoms with E-state index in [4.69, 9.17) is 0 Å². The van der Waals surface area contributed by atoms with Crippen molar-refractivity contribution in [2.45, 2.75) is 45.4 Å². The zero-order chi connectivity index (χ0) is 11.6. The first-order valence-electron chi connectivity index (χ1n) is 6.20. The molecule has 1 heteroatoms. The summed E-state index contributed by atoms with van der Waals surface area (Å²) < 4.78 is 0. The summed E-state index contributed by atoms with van der Waals surface area (Å²) in [7, 11) is 0. The average Bonchev–Trinajstić information content (AvgIpc) is 2.41. The number of rotatable bonds is 1. The van der Waals surface area contributed by atoms with Crippen LogP contribution < -0.4 is 0 Å². The van der Waals surface area contributed by atoms with Crippen molar-refractivity contribution in [2.75, 3.05) is 0 Å². The van der Waals surface area contributed by atoms with Crippen molar-refractivity contribution >= 4 is 5.78 Å². The SMILES string of the molecule is CC1(C)C(=O)CCCCC1c1ccccc1. The highest BCUT2D eigenvalue weighted by molar-refractivity contribution is 5.85. The normalized spacial score (nSPS) is 25.1. The first-order chi connectivity index (χ1) is 7.62. The molecule has 0 aromatic heterocycles. The van der Waals surface area contributed by atoms with Crippen molar-refractivity contribution in [3.05, 3.63) is 35.9 Å². The zero-order valence-electron chi connectivity index (χ0n) is 10.2. The van der Waals surface area contributed by atoms with E-state index < -0.39 is 0 Å². The summed E-state index contributed by atoms with van der Waals surface area (Å²) in [5, 5.41) is 0. The van der Waals surface area contributed by atoms with Crippen molar-refractivity contribution in [3.8, 4) is 0 Å². The van der Waals surface area contributed by atoms with E-state index in [1.54, 1.807) is 0 Å². The second-order valence-electron chi connectivity index (χ2n) is 5.35. The molecule has 0 aliphatic heterocycles. The minimum atomic E-state index is -0.197. The van der Waals surface area contributed by atoms with Gasteiger partial charge in [-0.3, -0.25) is 4.79 Å². The number of carbonyl (C=O) groups excluding carboxylic acids is 1. The summed E-state index contributed by atoms with van der Waals surface area (Å²) in [5.41, 5.74) is 1.13. The van der Waals surface area contributed by atoms with Crippen LogP contribution in [0.5, 0.6) is 0 Å². The fourth-order valence-corrected chi connectivity index (χ4v) is 2.78. The molecule has 1 atom stereocenters. The molecule has 1 aliphatic carbocycles. The number of hydrogen-bond acceptors (Lipinski definition) is 1. The van der Waals surface area contributed by atoms with Crippen LogP contribution in [0.4, 0.5) is 0 Å². The number of hydrogen-bond donors (Lipinski definition) is 0. The van der Waals surface area contributed by atoms with Gasteiger partial charge in [-0.15, -0.1) is 0 Å². The summed E-state index contributed by atoms with van der Waals surface area (Å²) in [6.45, 7) is 4.22. The number of benzene rings is 1. The Hall–Kier alpha value is -1.11. The maximum atomic E-state index is 12.1. The lowest BCUT2D eigenvalue weighted by Gasteiger charge is -2.31. The van der Waals surface area contributed by atoms with Gasteiger partial charge >= 0.3 is 0 Å². The van der Waals surface area contributed by atoms with Gasteiger partial charge in [0.2, 0.25) is 0 Å². The molecule has 1 aromatic carbocycles. The van der Waals surface area contributed by atoms with Crippen molar-refractivity contribution in [1.82, 2.24) is 0 Å². The van der Waals surface area contributed by atoms with E-state index in [2.05, 4.69) is 38.1 Å². The van der Waals surface area contributed by atoms with Gasteiger partial charge in [-0.25, -0.2) is 0 Å². The second kappa shape index (κ2) is 4.40. The Balaban J connectivity index is 2.34. The number of carbonyl (C=O) groups is 1. The molecule has 0 radical (unpaired) electrons. The van der Waals surface area contributed by atoms with E-state index in [1.165, 1.54) is 12.0 Å². The molecule has 0 bridgehead atoms. The van der Waals surface area contributed by atoms with Crippen LogP contribution in [-0.2, 0) is 4.79 Å². The molecule has 2 rings (SSSR count). The van der Waals surface area contributed by atoms with Gasteiger partial charge in [0.15, 0.2) is 0 Å². The molecular weight excluding hydrogens is 196 g/mol. The van der Waals surface area contributed by atoms with Gasteiger partial charge in [0.25, 0.3) is 0 Å². The van der Waals surface area contributed by atoms with E-state index in [1.807, 2.05) is 6.07 Å². The van der Waals surface area contributed by atoms with Crippen LogP contribution in [0.3, 0.4) is 0 Å². The zero-order valence-corrected chi connectivity index (χ0v) is 10.2. The Kier molecular flexibility index (Phi) is 3.13. The fourth-order valence-electron chi connectivity index (χ4n) is 2.78. The lowest BCUT2D eigenvalue weighted by atomic mass is 9.71. The van der Waals surface area contributed by atoms with E-state index >= 15 is 0 Å². The summed E-state index contributed by atoms with van der Waals surface area (Å²) in [4.78, 5) is 12.1. The monoisotopic (exact) mass is 216 g/mol. The Labute approximate surface area is 97.9 Å².